The van der Waals surface area contributed by atoms with Crippen molar-refractivity contribution in [3.05, 3.63) is 71.8 Å². The zero-order chi connectivity index (χ0) is 19.8. The summed E-state index contributed by atoms with van der Waals surface area (Å²) in [6.07, 6.45) is 3.24. The van der Waals surface area contributed by atoms with E-state index < -0.39 is 0 Å². The van der Waals surface area contributed by atoms with Crippen LogP contribution in [0.25, 0.3) is 5.69 Å². The number of nitrogens with zero attached hydrogens (tertiary/aromatic N) is 4. The molecule has 144 valence electrons. The van der Waals surface area contributed by atoms with Gasteiger partial charge in [0.15, 0.2) is 0 Å². The first kappa shape index (κ1) is 18.2. The second-order valence-electron chi connectivity index (χ2n) is 7.36. The van der Waals surface area contributed by atoms with Gasteiger partial charge >= 0.3 is 0 Å². The minimum atomic E-state index is -0.0793. The van der Waals surface area contributed by atoms with Crippen LogP contribution in [-0.2, 0) is 0 Å². The zero-order valence-corrected chi connectivity index (χ0v) is 16.5. The van der Waals surface area contributed by atoms with Crippen molar-refractivity contribution < 1.29 is 9.53 Å². The van der Waals surface area contributed by atoms with Gasteiger partial charge < -0.3 is 9.64 Å². The number of benzene rings is 2. The van der Waals surface area contributed by atoms with Gasteiger partial charge in [0.05, 0.1) is 17.3 Å². The van der Waals surface area contributed by atoms with Gasteiger partial charge in [-0.1, -0.05) is 31.2 Å². The average molecular weight is 376 g/mol. The fourth-order valence-electron chi connectivity index (χ4n) is 3.59. The molecule has 6 heteroatoms. The molecule has 4 rings (SSSR count). The maximum atomic E-state index is 13.2. The van der Waals surface area contributed by atoms with Gasteiger partial charge in [-0.15, -0.1) is 0 Å². The van der Waals surface area contributed by atoms with Gasteiger partial charge in [0.25, 0.3) is 5.91 Å². The van der Waals surface area contributed by atoms with Crippen molar-refractivity contribution in [3.63, 3.8) is 0 Å². The number of carbonyl (C=O) groups is 1. The van der Waals surface area contributed by atoms with E-state index in [4.69, 9.17) is 4.74 Å². The van der Waals surface area contributed by atoms with Gasteiger partial charge in [-0.2, -0.15) is 5.10 Å². The number of carbonyl (C=O) groups excluding carboxylic acids is 1. The van der Waals surface area contributed by atoms with Crippen molar-refractivity contribution >= 4 is 5.91 Å². The van der Waals surface area contributed by atoms with Crippen molar-refractivity contribution in [2.45, 2.75) is 38.8 Å². The Morgan fingerprint density at radius 3 is 2.61 bits per heavy atom. The van der Waals surface area contributed by atoms with E-state index in [9.17, 15) is 4.79 Å². The Hall–Kier alpha value is -3.15. The third-order valence-electron chi connectivity index (χ3n) is 5.73. The highest BCUT2D eigenvalue weighted by Gasteiger charge is 2.32. The summed E-state index contributed by atoms with van der Waals surface area (Å²) < 4.78 is 7.71. The van der Waals surface area contributed by atoms with Crippen LogP contribution in [-0.4, -0.2) is 38.7 Å². The molecule has 6 nitrogen and oxygen atoms in total. The Morgan fingerprint density at radius 2 is 1.93 bits per heavy atom. The monoisotopic (exact) mass is 376 g/mol. The first-order valence-electron chi connectivity index (χ1n) is 9.49. The van der Waals surface area contributed by atoms with Gasteiger partial charge in [-0.05, 0) is 37.6 Å². The van der Waals surface area contributed by atoms with E-state index in [-0.39, 0.29) is 24.0 Å². The molecule has 3 aromatic rings. The number of fused-ring (bicyclic) bond motifs is 1. The van der Waals surface area contributed by atoms with Gasteiger partial charge in [-0.25, -0.2) is 9.67 Å². The molecule has 0 bridgehead atoms. The smallest absolute Gasteiger partial charge is 0.257 e. The SMILES string of the molecule is CC1Oc2c(C(=O)N(C)C(C)c3ccc(-n4cncn4)cc3)cccc2C1C. The zero-order valence-electron chi connectivity index (χ0n) is 16.5. The van der Waals surface area contributed by atoms with Crippen LogP contribution in [0.5, 0.6) is 5.75 Å². The Balaban J connectivity index is 1.56. The molecule has 1 amide bonds. The third kappa shape index (κ3) is 3.05. The summed E-state index contributed by atoms with van der Waals surface area (Å²) in [5.74, 6) is 0.980. The lowest BCUT2D eigenvalue weighted by Crippen LogP contribution is -2.30. The molecule has 0 fully saturated rings. The molecule has 0 saturated heterocycles. The molecule has 0 N–H and O–H groups in total. The van der Waals surface area contributed by atoms with Crippen LogP contribution in [0.3, 0.4) is 0 Å². The fourth-order valence-corrected chi connectivity index (χ4v) is 3.59. The minimum absolute atomic E-state index is 0.0361. The van der Waals surface area contributed by atoms with Gasteiger partial charge in [0.1, 0.15) is 24.5 Å². The van der Waals surface area contributed by atoms with E-state index in [2.05, 4.69) is 17.0 Å². The molecular formula is C22H24N4O2. The lowest BCUT2D eigenvalue weighted by Gasteiger charge is -2.26. The molecule has 0 spiro atoms. The molecule has 3 atom stereocenters. The summed E-state index contributed by atoms with van der Waals surface area (Å²) in [7, 11) is 1.83. The Kier molecular flexibility index (Phi) is 4.63. The summed E-state index contributed by atoms with van der Waals surface area (Å²) in [5, 5.41) is 4.14. The van der Waals surface area contributed by atoms with Crippen molar-refractivity contribution in [1.82, 2.24) is 19.7 Å². The molecule has 1 aliphatic rings. The molecule has 2 heterocycles. The second kappa shape index (κ2) is 7.11. The van der Waals surface area contributed by atoms with Crippen LogP contribution in [0.15, 0.2) is 55.1 Å². The lowest BCUT2D eigenvalue weighted by molar-refractivity contribution is 0.0737. The van der Waals surface area contributed by atoms with E-state index in [0.29, 0.717) is 5.56 Å². The first-order chi connectivity index (χ1) is 13.5. The van der Waals surface area contributed by atoms with E-state index in [1.165, 1.54) is 6.33 Å². The number of hydrogen-bond donors (Lipinski definition) is 0. The maximum absolute atomic E-state index is 13.2. The van der Waals surface area contributed by atoms with Crippen molar-refractivity contribution in [1.29, 1.82) is 0 Å². The molecule has 1 aliphatic heterocycles. The normalized spacial score (nSPS) is 19.0. The molecule has 3 unspecified atom stereocenters. The van der Waals surface area contributed by atoms with Crippen LogP contribution in [0, 0.1) is 0 Å². The number of rotatable bonds is 4. The number of para-hydroxylation sites is 1. The maximum Gasteiger partial charge on any atom is 0.257 e. The summed E-state index contributed by atoms with van der Waals surface area (Å²) in [5.41, 5.74) is 3.72. The van der Waals surface area contributed by atoms with Crippen LogP contribution < -0.4 is 4.74 Å². The van der Waals surface area contributed by atoms with Gasteiger partial charge in [0.2, 0.25) is 0 Å². The van der Waals surface area contributed by atoms with Crippen molar-refractivity contribution in [2.75, 3.05) is 7.05 Å². The van der Waals surface area contributed by atoms with E-state index in [1.807, 2.05) is 63.4 Å². The molecule has 0 radical (unpaired) electrons. The number of amides is 1. The fraction of sp³-hybridized carbons (Fsp3) is 0.318. The number of aromatic nitrogens is 3. The predicted octanol–water partition coefficient (Wildman–Crippen LogP) is 3.98. The molecule has 2 aromatic carbocycles. The standard InChI is InChI=1S/C22H24N4O2/c1-14-16(3)28-21-19(14)6-5-7-20(21)22(27)25(4)15(2)17-8-10-18(11-9-17)26-13-23-12-24-26/h5-16H,1-4H3. The van der Waals surface area contributed by atoms with Crippen molar-refractivity contribution in [2.24, 2.45) is 0 Å². The van der Waals surface area contributed by atoms with Gasteiger partial charge in [-0.3, -0.25) is 4.79 Å². The molecule has 0 aliphatic carbocycles. The third-order valence-corrected chi connectivity index (χ3v) is 5.73. The summed E-state index contributed by atoms with van der Waals surface area (Å²) >= 11 is 0. The summed E-state index contributed by atoms with van der Waals surface area (Å²) in [6, 6.07) is 13.7. The lowest BCUT2D eigenvalue weighted by atomic mass is 9.96. The van der Waals surface area contributed by atoms with E-state index in [0.717, 1.165) is 22.6 Å². The van der Waals surface area contributed by atoms with Crippen LogP contribution in [0.4, 0.5) is 0 Å². The van der Waals surface area contributed by atoms with Gasteiger partial charge in [0, 0.05) is 18.5 Å². The van der Waals surface area contributed by atoms with Crippen LogP contribution >= 0.6 is 0 Å². The molecule has 0 saturated carbocycles. The largest absolute Gasteiger partial charge is 0.489 e. The van der Waals surface area contributed by atoms with Crippen LogP contribution in [0.2, 0.25) is 0 Å². The quantitative estimate of drug-likeness (QED) is 0.691. The highest BCUT2D eigenvalue weighted by Crippen LogP contribution is 2.41. The molecule has 1 aromatic heterocycles. The second-order valence-corrected chi connectivity index (χ2v) is 7.36. The first-order valence-corrected chi connectivity index (χ1v) is 9.49. The highest BCUT2D eigenvalue weighted by molar-refractivity contribution is 5.97. The van der Waals surface area contributed by atoms with Crippen molar-refractivity contribution in [3.8, 4) is 11.4 Å². The summed E-state index contributed by atoms with van der Waals surface area (Å²) in [6.45, 7) is 6.20. The topological polar surface area (TPSA) is 60.2 Å². The van der Waals surface area contributed by atoms with E-state index in [1.54, 1.807) is 15.9 Å². The Morgan fingerprint density at radius 1 is 1.18 bits per heavy atom. The molecule has 28 heavy (non-hydrogen) atoms. The highest BCUT2D eigenvalue weighted by atomic mass is 16.5. The Labute approximate surface area is 164 Å². The number of hydrogen-bond acceptors (Lipinski definition) is 4. The minimum Gasteiger partial charge on any atom is -0.489 e. The predicted molar refractivity (Wildman–Crippen MR) is 107 cm³/mol. The average Bonchev–Trinajstić information content (AvgIpc) is 3.35. The summed E-state index contributed by atoms with van der Waals surface area (Å²) in [4.78, 5) is 18.9. The Bertz CT molecular complexity index is 982. The van der Waals surface area contributed by atoms with E-state index >= 15 is 0 Å². The number of ether oxygens (including phenoxy) is 1. The van der Waals surface area contributed by atoms with Crippen LogP contribution in [0.1, 0.15) is 54.2 Å². The molecular weight excluding hydrogens is 352 g/mol.